The van der Waals surface area contributed by atoms with E-state index in [4.69, 9.17) is 16.1 Å². The van der Waals surface area contributed by atoms with Gasteiger partial charge in [-0.05, 0) is 13.8 Å². The molecule has 1 aliphatic heterocycles. The van der Waals surface area contributed by atoms with Gasteiger partial charge in [0.25, 0.3) is 0 Å². The van der Waals surface area contributed by atoms with Crippen LogP contribution in [-0.4, -0.2) is 61.0 Å². The number of imidazole rings is 1. The number of nitrogens with zero attached hydrogens (tertiary/aromatic N) is 7. The van der Waals surface area contributed by atoms with E-state index in [1.54, 1.807) is 6.20 Å². The lowest BCUT2D eigenvalue weighted by molar-refractivity contribution is 0.242. The topological polar surface area (TPSA) is 91.9 Å². The Morgan fingerprint density at radius 1 is 1.20 bits per heavy atom. The number of aromatic amines is 1. The van der Waals surface area contributed by atoms with Crippen LogP contribution in [0.2, 0.25) is 5.02 Å². The summed E-state index contributed by atoms with van der Waals surface area (Å²) < 4.78 is 7.05. The molecule has 1 N–H and O–H groups in total. The van der Waals surface area contributed by atoms with Crippen molar-refractivity contribution >= 4 is 28.5 Å². The third-order valence-corrected chi connectivity index (χ3v) is 5.71. The van der Waals surface area contributed by atoms with Crippen molar-refractivity contribution in [3.8, 4) is 11.4 Å². The lowest BCUT2D eigenvalue weighted by atomic mass is 10.2. The Kier molecular flexibility index (Phi) is 4.92. The number of nitrogens with one attached hydrogen (secondary N) is 1. The molecule has 1 aliphatic rings. The molecule has 0 amide bonds. The van der Waals surface area contributed by atoms with Crippen LogP contribution in [0.5, 0.6) is 0 Å². The van der Waals surface area contributed by atoms with E-state index in [1.165, 1.54) is 0 Å². The molecule has 5 heterocycles. The second kappa shape index (κ2) is 7.73. The van der Waals surface area contributed by atoms with Gasteiger partial charge in [-0.3, -0.25) is 9.58 Å². The number of aryl methyl sites for hydroxylation is 2. The Hall–Kier alpha value is -2.91. The number of H-pyrrole nitrogens is 1. The van der Waals surface area contributed by atoms with E-state index in [1.807, 2.05) is 30.1 Å². The summed E-state index contributed by atoms with van der Waals surface area (Å²) in [5.41, 5.74) is 4.39. The fourth-order valence-corrected chi connectivity index (χ4v) is 4.14. The van der Waals surface area contributed by atoms with Crippen molar-refractivity contribution in [2.75, 3.05) is 31.1 Å². The first-order chi connectivity index (χ1) is 14.6. The zero-order valence-corrected chi connectivity index (χ0v) is 17.7. The number of aromatic nitrogens is 6. The molecule has 5 rings (SSSR count). The van der Waals surface area contributed by atoms with Crippen molar-refractivity contribution in [2.45, 2.75) is 26.9 Å². The van der Waals surface area contributed by atoms with Crippen LogP contribution in [0.25, 0.3) is 22.6 Å². The average Bonchev–Trinajstić information content (AvgIpc) is 3.48. The van der Waals surface area contributed by atoms with Crippen molar-refractivity contribution in [2.24, 2.45) is 0 Å². The summed E-state index contributed by atoms with van der Waals surface area (Å²) in [5, 5.41) is 9.07. The van der Waals surface area contributed by atoms with Crippen LogP contribution < -0.4 is 4.90 Å². The molecule has 1 saturated heterocycles. The lowest BCUT2D eigenvalue weighted by Crippen LogP contribution is -2.46. The van der Waals surface area contributed by atoms with Gasteiger partial charge in [-0.15, -0.1) is 0 Å². The van der Waals surface area contributed by atoms with Crippen LogP contribution in [0.4, 0.5) is 5.69 Å². The van der Waals surface area contributed by atoms with Crippen LogP contribution in [0.15, 0.2) is 29.2 Å². The van der Waals surface area contributed by atoms with Gasteiger partial charge in [0.15, 0.2) is 5.65 Å². The first-order valence-corrected chi connectivity index (χ1v) is 10.4. The van der Waals surface area contributed by atoms with Crippen LogP contribution in [0, 0.1) is 6.92 Å². The summed E-state index contributed by atoms with van der Waals surface area (Å²) in [6.45, 7) is 9.12. The number of rotatable bonds is 5. The molecular formula is C20H23ClN8O. The summed E-state index contributed by atoms with van der Waals surface area (Å²) in [7, 11) is 0. The van der Waals surface area contributed by atoms with E-state index in [-0.39, 0.29) is 0 Å². The zero-order chi connectivity index (χ0) is 20.7. The molecule has 0 atom stereocenters. The molecule has 0 aromatic carbocycles. The van der Waals surface area contributed by atoms with Gasteiger partial charge in [0.05, 0.1) is 34.4 Å². The Balaban J connectivity index is 1.38. The fraction of sp³-hybridized carbons (Fsp3) is 0.400. The van der Waals surface area contributed by atoms with Gasteiger partial charge in [-0.2, -0.15) is 5.10 Å². The molecule has 9 nitrogen and oxygen atoms in total. The predicted octanol–water partition coefficient (Wildman–Crippen LogP) is 3.11. The number of piperazine rings is 1. The fourth-order valence-electron chi connectivity index (χ4n) is 3.88. The molecule has 4 aromatic rings. The standard InChI is InChI=1S/C20H23ClN8O/c1-3-29-11-14(9-23-29)19-24-17-18(16(21)10-22-20(17)25-19)28-6-4-27(5-7-28)12-15-8-13(2)30-26-15/h8-11H,3-7,12H2,1-2H3,(H,22,24,25). The Morgan fingerprint density at radius 2 is 2.03 bits per heavy atom. The molecule has 0 unspecified atom stereocenters. The molecule has 0 bridgehead atoms. The monoisotopic (exact) mass is 426 g/mol. The van der Waals surface area contributed by atoms with E-state index in [9.17, 15) is 0 Å². The Bertz CT molecular complexity index is 1170. The highest BCUT2D eigenvalue weighted by atomic mass is 35.5. The van der Waals surface area contributed by atoms with Gasteiger partial charge in [0, 0.05) is 51.5 Å². The quantitative estimate of drug-likeness (QED) is 0.524. The second-order valence-electron chi connectivity index (χ2n) is 7.52. The van der Waals surface area contributed by atoms with Crippen molar-refractivity contribution in [3.63, 3.8) is 0 Å². The highest BCUT2D eigenvalue weighted by Gasteiger charge is 2.24. The van der Waals surface area contributed by atoms with Gasteiger partial charge >= 0.3 is 0 Å². The smallest absolute Gasteiger partial charge is 0.180 e. The highest BCUT2D eigenvalue weighted by Crippen LogP contribution is 2.34. The normalized spacial score (nSPS) is 15.4. The number of fused-ring (bicyclic) bond motifs is 1. The van der Waals surface area contributed by atoms with Crippen LogP contribution in [-0.2, 0) is 13.1 Å². The predicted molar refractivity (Wildman–Crippen MR) is 115 cm³/mol. The SMILES string of the molecule is CCn1cc(-c2nc3ncc(Cl)c(N4CCN(Cc5cc(C)on5)CC4)c3[nH]2)cn1. The second-order valence-corrected chi connectivity index (χ2v) is 7.92. The molecule has 4 aromatic heterocycles. The molecule has 0 spiro atoms. The average molecular weight is 427 g/mol. The Morgan fingerprint density at radius 3 is 2.73 bits per heavy atom. The third kappa shape index (κ3) is 3.54. The number of pyridine rings is 1. The van der Waals surface area contributed by atoms with Crippen LogP contribution >= 0.6 is 11.6 Å². The molecule has 0 radical (unpaired) electrons. The van der Waals surface area contributed by atoms with Gasteiger partial charge in [0.2, 0.25) is 0 Å². The van der Waals surface area contributed by atoms with Crippen LogP contribution in [0.1, 0.15) is 18.4 Å². The maximum atomic E-state index is 6.58. The molecule has 156 valence electrons. The van der Waals surface area contributed by atoms with Gasteiger partial charge in [-0.1, -0.05) is 16.8 Å². The van der Waals surface area contributed by atoms with Crippen molar-refractivity contribution in [1.29, 1.82) is 0 Å². The molecule has 10 heteroatoms. The molecule has 1 fully saturated rings. The first kappa shape index (κ1) is 19.1. The van der Waals surface area contributed by atoms with Crippen molar-refractivity contribution < 1.29 is 4.52 Å². The van der Waals surface area contributed by atoms with E-state index >= 15 is 0 Å². The highest BCUT2D eigenvalue weighted by molar-refractivity contribution is 6.34. The summed E-state index contributed by atoms with van der Waals surface area (Å²) in [4.78, 5) is 17.2. The molecule has 0 saturated carbocycles. The van der Waals surface area contributed by atoms with E-state index < -0.39 is 0 Å². The van der Waals surface area contributed by atoms with E-state index in [2.05, 4.69) is 41.9 Å². The minimum Gasteiger partial charge on any atom is -0.366 e. The van der Waals surface area contributed by atoms with Crippen LogP contribution in [0.3, 0.4) is 0 Å². The molecular weight excluding hydrogens is 404 g/mol. The van der Waals surface area contributed by atoms with Crippen molar-refractivity contribution in [1.82, 2.24) is 34.8 Å². The number of hydrogen-bond acceptors (Lipinski definition) is 7. The zero-order valence-electron chi connectivity index (χ0n) is 17.0. The minimum atomic E-state index is 0.627. The largest absolute Gasteiger partial charge is 0.366 e. The van der Waals surface area contributed by atoms with Crippen molar-refractivity contribution in [3.05, 3.63) is 41.1 Å². The Labute approximate surface area is 178 Å². The minimum absolute atomic E-state index is 0.627. The summed E-state index contributed by atoms with van der Waals surface area (Å²) >= 11 is 6.58. The van der Waals surface area contributed by atoms with Gasteiger partial charge in [0.1, 0.15) is 17.1 Å². The summed E-state index contributed by atoms with van der Waals surface area (Å²) in [6, 6.07) is 1.99. The van der Waals surface area contributed by atoms with Gasteiger partial charge in [-0.25, -0.2) is 9.97 Å². The molecule has 30 heavy (non-hydrogen) atoms. The van der Waals surface area contributed by atoms with Gasteiger partial charge < -0.3 is 14.4 Å². The maximum Gasteiger partial charge on any atom is 0.180 e. The summed E-state index contributed by atoms with van der Waals surface area (Å²) in [5.74, 6) is 1.59. The lowest BCUT2D eigenvalue weighted by Gasteiger charge is -2.36. The third-order valence-electron chi connectivity index (χ3n) is 5.43. The number of anilines is 1. The van der Waals surface area contributed by atoms with E-state index in [0.717, 1.165) is 73.3 Å². The number of halogens is 1. The van der Waals surface area contributed by atoms with E-state index in [0.29, 0.717) is 10.7 Å². The number of hydrogen-bond donors (Lipinski definition) is 1. The molecule has 0 aliphatic carbocycles. The summed E-state index contributed by atoms with van der Waals surface area (Å²) in [6.07, 6.45) is 5.47. The first-order valence-electron chi connectivity index (χ1n) is 10.1. The maximum absolute atomic E-state index is 6.58.